The average Bonchev–Trinajstić information content (AvgIpc) is 2.99. The van der Waals surface area contributed by atoms with Crippen molar-refractivity contribution in [2.75, 3.05) is 11.9 Å². The van der Waals surface area contributed by atoms with E-state index >= 15 is 0 Å². The fraction of sp³-hybridized carbons (Fsp3) is 0.0714. The minimum Gasteiger partial charge on any atom is -0.352 e. The van der Waals surface area contributed by atoms with Crippen molar-refractivity contribution in [3.05, 3.63) is 114 Å². The van der Waals surface area contributed by atoms with Crippen molar-refractivity contribution in [2.45, 2.75) is 16.2 Å². The van der Waals surface area contributed by atoms with Gasteiger partial charge in [-0.1, -0.05) is 66.4 Å². The number of carbonyl (C=O) groups excluding carboxylic acids is 2. The molecule has 0 unspecified atom stereocenters. The molecule has 0 saturated carbocycles. The lowest BCUT2D eigenvalue weighted by molar-refractivity contribution is 0.0952. The summed E-state index contributed by atoms with van der Waals surface area (Å²) >= 11 is 1.30. The highest BCUT2D eigenvalue weighted by Crippen LogP contribution is 2.39. The van der Waals surface area contributed by atoms with Crippen LogP contribution in [0.4, 0.5) is 10.1 Å². The van der Waals surface area contributed by atoms with Crippen LogP contribution >= 0.6 is 11.8 Å². The van der Waals surface area contributed by atoms with Gasteiger partial charge in [-0.3, -0.25) is 9.59 Å². The van der Waals surface area contributed by atoms with Crippen molar-refractivity contribution in [1.82, 2.24) is 5.32 Å². The topological polar surface area (TPSA) is 58.2 Å². The zero-order valence-corrected chi connectivity index (χ0v) is 19.0. The van der Waals surface area contributed by atoms with Crippen LogP contribution in [0.15, 0.2) is 101 Å². The summed E-state index contributed by atoms with van der Waals surface area (Å²) in [6, 6.07) is 27.7. The summed E-state index contributed by atoms with van der Waals surface area (Å²) in [7, 11) is 0. The molecule has 1 heterocycles. The molecular formula is C28H21FN2O2S. The quantitative estimate of drug-likeness (QED) is 0.368. The number of hydrogen-bond acceptors (Lipinski definition) is 3. The number of halogens is 1. The molecule has 0 spiro atoms. The number of hydrogen-bond donors (Lipinski definition) is 2. The van der Waals surface area contributed by atoms with E-state index in [0.717, 1.165) is 16.0 Å². The maximum atomic E-state index is 13.6. The smallest absolute Gasteiger partial charge is 0.256 e. The molecule has 0 bridgehead atoms. The Labute approximate surface area is 201 Å². The summed E-state index contributed by atoms with van der Waals surface area (Å²) in [6.45, 7) is 0.492. The SMILES string of the molecule is O=C(NCCc1ccc(-c2ccccc2)cc1)c1ccc2c(c1)NC(=O)c1ccc(F)cc1S2. The van der Waals surface area contributed by atoms with Crippen molar-refractivity contribution in [3.8, 4) is 11.1 Å². The fourth-order valence-corrected chi connectivity index (χ4v) is 4.89. The molecule has 0 fully saturated rings. The molecule has 6 heteroatoms. The molecule has 1 aliphatic rings. The number of nitrogens with one attached hydrogen (secondary N) is 2. The second-order valence-electron chi connectivity index (χ2n) is 7.98. The molecule has 2 N–H and O–H groups in total. The first-order valence-electron chi connectivity index (χ1n) is 10.9. The van der Waals surface area contributed by atoms with Crippen LogP contribution in [0.1, 0.15) is 26.3 Å². The molecule has 5 rings (SSSR count). The first-order chi connectivity index (χ1) is 16.6. The third-order valence-electron chi connectivity index (χ3n) is 5.66. The van der Waals surface area contributed by atoms with E-state index in [9.17, 15) is 14.0 Å². The first-order valence-corrected chi connectivity index (χ1v) is 11.7. The third-order valence-corrected chi connectivity index (χ3v) is 6.79. The van der Waals surface area contributed by atoms with Gasteiger partial charge in [0.2, 0.25) is 0 Å². The number of fused-ring (bicyclic) bond motifs is 2. The molecule has 168 valence electrons. The van der Waals surface area contributed by atoms with Crippen molar-refractivity contribution >= 4 is 29.3 Å². The van der Waals surface area contributed by atoms with E-state index < -0.39 is 5.82 Å². The van der Waals surface area contributed by atoms with Crippen molar-refractivity contribution < 1.29 is 14.0 Å². The molecule has 1 aliphatic heterocycles. The summed E-state index contributed by atoms with van der Waals surface area (Å²) in [5.41, 5.74) is 4.86. The number of benzene rings is 4. The molecule has 0 radical (unpaired) electrons. The minimum absolute atomic E-state index is 0.212. The highest BCUT2D eigenvalue weighted by Gasteiger charge is 2.21. The third kappa shape index (κ3) is 4.72. The highest BCUT2D eigenvalue weighted by molar-refractivity contribution is 7.99. The Kier molecular flexibility index (Phi) is 6.14. The van der Waals surface area contributed by atoms with Crippen LogP contribution in [0.5, 0.6) is 0 Å². The summed E-state index contributed by atoms with van der Waals surface area (Å²) in [5.74, 6) is -0.929. The number of rotatable bonds is 5. The van der Waals surface area contributed by atoms with E-state index in [2.05, 4.69) is 47.0 Å². The lowest BCUT2D eigenvalue weighted by Crippen LogP contribution is -2.25. The largest absolute Gasteiger partial charge is 0.352 e. The lowest BCUT2D eigenvalue weighted by Gasteiger charge is -2.10. The van der Waals surface area contributed by atoms with Crippen LogP contribution in [0, 0.1) is 5.82 Å². The van der Waals surface area contributed by atoms with Gasteiger partial charge in [0.25, 0.3) is 11.8 Å². The summed E-state index contributed by atoms with van der Waals surface area (Å²) < 4.78 is 13.6. The van der Waals surface area contributed by atoms with Crippen LogP contribution in [-0.4, -0.2) is 18.4 Å². The monoisotopic (exact) mass is 468 g/mol. The Morgan fingerprint density at radius 1 is 0.853 bits per heavy atom. The van der Waals surface area contributed by atoms with Gasteiger partial charge in [-0.2, -0.15) is 0 Å². The van der Waals surface area contributed by atoms with Gasteiger partial charge < -0.3 is 10.6 Å². The van der Waals surface area contributed by atoms with Crippen LogP contribution in [0.3, 0.4) is 0 Å². The standard InChI is InChI=1S/C28H21FN2O2S/c29-22-11-12-23-26(17-22)34-25-13-10-21(16-24(25)31-28(23)33)27(32)30-15-14-18-6-8-20(9-7-18)19-4-2-1-3-5-19/h1-13,16-17H,14-15H2,(H,30,32)(H,31,33). The zero-order valence-electron chi connectivity index (χ0n) is 18.2. The molecule has 34 heavy (non-hydrogen) atoms. The molecule has 0 aliphatic carbocycles. The molecule has 0 saturated heterocycles. The number of amides is 2. The zero-order chi connectivity index (χ0) is 23.5. The highest BCUT2D eigenvalue weighted by atomic mass is 32.2. The van der Waals surface area contributed by atoms with Crippen LogP contribution in [-0.2, 0) is 6.42 Å². The lowest BCUT2D eigenvalue weighted by atomic mass is 10.0. The Morgan fingerprint density at radius 2 is 1.62 bits per heavy atom. The minimum atomic E-state index is -0.395. The molecular weight excluding hydrogens is 447 g/mol. The molecule has 2 amide bonds. The van der Waals surface area contributed by atoms with Gasteiger partial charge >= 0.3 is 0 Å². The van der Waals surface area contributed by atoms with E-state index in [1.54, 1.807) is 18.2 Å². The first kappa shape index (κ1) is 21.9. The van der Waals surface area contributed by atoms with Crippen LogP contribution in [0.25, 0.3) is 11.1 Å². The summed E-state index contributed by atoms with van der Waals surface area (Å²) in [6.07, 6.45) is 0.708. The van der Waals surface area contributed by atoms with Gasteiger partial charge in [-0.15, -0.1) is 0 Å². The second-order valence-corrected chi connectivity index (χ2v) is 9.06. The molecule has 4 aromatic carbocycles. The Bertz CT molecular complexity index is 1370. The van der Waals surface area contributed by atoms with Gasteiger partial charge in [0, 0.05) is 21.9 Å². The van der Waals surface area contributed by atoms with Gasteiger partial charge in [0.15, 0.2) is 0 Å². The molecule has 0 atom stereocenters. The Morgan fingerprint density at radius 3 is 2.41 bits per heavy atom. The predicted molar refractivity (Wildman–Crippen MR) is 133 cm³/mol. The molecule has 0 aromatic heterocycles. The van der Waals surface area contributed by atoms with Gasteiger partial charge in [0.05, 0.1) is 11.3 Å². The van der Waals surface area contributed by atoms with Crippen molar-refractivity contribution in [1.29, 1.82) is 0 Å². The predicted octanol–water partition coefficient (Wildman–Crippen LogP) is 6.18. The fourth-order valence-electron chi connectivity index (χ4n) is 3.85. The van der Waals surface area contributed by atoms with E-state index in [0.29, 0.717) is 34.7 Å². The Balaban J connectivity index is 1.22. The number of anilines is 1. The van der Waals surface area contributed by atoms with Gasteiger partial charge in [-0.05, 0) is 59.5 Å². The Hall–Kier alpha value is -3.90. The molecule has 4 nitrogen and oxygen atoms in total. The summed E-state index contributed by atoms with van der Waals surface area (Å²) in [4.78, 5) is 26.6. The maximum absolute atomic E-state index is 13.6. The van der Waals surface area contributed by atoms with E-state index in [-0.39, 0.29) is 11.8 Å². The second kappa shape index (κ2) is 9.53. The van der Waals surface area contributed by atoms with E-state index in [1.165, 1.54) is 35.5 Å². The van der Waals surface area contributed by atoms with Crippen LogP contribution in [0.2, 0.25) is 0 Å². The van der Waals surface area contributed by atoms with Crippen molar-refractivity contribution in [3.63, 3.8) is 0 Å². The summed E-state index contributed by atoms with van der Waals surface area (Å²) in [5, 5.41) is 5.78. The number of carbonyl (C=O) groups is 2. The van der Waals surface area contributed by atoms with Gasteiger partial charge in [-0.25, -0.2) is 4.39 Å². The normalized spacial score (nSPS) is 12.2. The molecule has 4 aromatic rings. The maximum Gasteiger partial charge on any atom is 0.256 e. The van der Waals surface area contributed by atoms with Crippen LogP contribution < -0.4 is 10.6 Å². The average molecular weight is 469 g/mol. The van der Waals surface area contributed by atoms with Crippen molar-refractivity contribution in [2.24, 2.45) is 0 Å². The van der Waals surface area contributed by atoms with E-state index in [1.807, 2.05) is 18.2 Å². The van der Waals surface area contributed by atoms with Gasteiger partial charge in [0.1, 0.15) is 5.82 Å². The van der Waals surface area contributed by atoms with E-state index in [4.69, 9.17) is 0 Å².